The average Bonchev–Trinajstić information content (AvgIpc) is 1.69. The predicted molar refractivity (Wildman–Crippen MR) is 451 cm³/mol. The Morgan fingerprint density at radius 1 is 0.562 bits per heavy atom. The quantitative estimate of drug-likeness (QED) is 0.0256. The van der Waals surface area contributed by atoms with Crippen LogP contribution in [0, 0.1) is 17.8 Å². The first-order valence-corrected chi connectivity index (χ1v) is 41.4. The van der Waals surface area contributed by atoms with Crippen LogP contribution in [0.2, 0.25) is 0 Å². The number of nitrogens with one attached hydrogen (secondary N) is 14. The van der Waals surface area contributed by atoms with Gasteiger partial charge in [0.2, 0.25) is 94.3 Å². The summed E-state index contributed by atoms with van der Waals surface area (Å²) >= 11 is 0. The number of hydrogen-bond acceptors (Lipinski definition) is 20. The fourth-order valence-electron chi connectivity index (χ4n) is 13.6. The lowest BCUT2D eigenvalue weighted by Gasteiger charge is -2.33. The molecule has 0 radical (unpaired) electrons. The standard InChI is InChI=1S/C86H126N16O19/c1-48(2)31-34-58-45-90-63(37-38-69(87)107)72(109)71(108)50(5)91-77(114)67(44-59-46-89-62-30-24-23-29-61(59)62)97-78(115)65(43-57-32-35-60(106)36-33-57)96-75(112)53(8)94-83(120)85(11,102-81(118)66(42-56-27-21-20-22-28-56)98-82(119)70(54(9)104)100-79(116)64(41-49(3)4)95-55(10)105)39-25-18-16-14-13-15-17-19-26-40-86(12,101-76(58)113)84(121)99-68(47-103)80(117)93-52(7)74(111)92-51(6)73(88)110/h15,17,20-24,27-30,32-33,35-36,46,48-54,58,63-68,70,89-90,103-104,106H,13-14,16,18-19,25-26,31,34,37-45,47H2,1-12H3,(H2,87,107)(H2,88,110)(H,91,114)(H,92,111)(H,93,117)(H,94,120)(H,95,105)(H,96,112)(H,97,115)(H,98,119)(H,99,121)(H,100,116)(H,101,113)(H,102,118)/b17-15-/t50?,51?,52-,53?,54+,58+,63-,64-,65-,66-,67-,68?,70-,85+,86-/m0/s1. The SMILES string of the molecule is CC(=O)N[C@@H](CC(C)C)C(=O)N[C@H](C(=O)N[C@@H](Cc1ccccc1)C(=O)N[C@]1(C)CCCCCC/C=C\CCC[C@@](C)(C(=O)NC(CO)C(=O)N[C@@H](C)C(=O)NC(C)C(N)=O)NC(=O)[C@H](CCC(C)C)CN[C@@H](CCC(N)=O)C(=O)C(=O)C(C)NC(=O)[C@H](Cc2c[nH]c3ccccc23)NC(=O)[C@H](Cc2ccc(O)cc2)NC(=O)C(C)NC1=O)[C@@H](C)O. The van der Waals surface area contributed by atoms with Gasteiger partial charge in [0.25, 0.3) is 0 Å². The highest BCUT2D eigenvalue weighted by molar-refractivity contribution is 6.41. The van der Waals surface area contributed by atoms with Crippen LogP contribution in [-0.4, -0.2) is 211 Å². The topological polar surface area (TPSA) is 558 Å². The van der Waals surface area contributed by atoms with Crippen molar-refractivity contribution in [3.63, 3.8) is 0 Å². The van der Waals surface area contributed by atoms with Crippen LogP contribution < -0.4 is 80.6 Å². The number of ketones is 2. The van der Waals surface area contributed by atoms with Gasteiger partial charge in [-0.2, -0.15) is 0 Å². The van der Waals surface area contributed by atoms with Gasteiger partial charge in [-0.3, -0.25) is 76.7 Å². The fourth-order valence-corrected chi connectivity index (χ4v) is 13.6. The Balaban J connectivity index is 1.61. The summed E-state index contributed by atoms with van der Waals surface area (Å²) in [4.78, 5) is 229. The largest absolute Gasteiger partial charge is 0.508 e. The average molecular weight is 1690 g/mol. The number of hydrogen-bond donors (Lipinski definition) is 19. The minimum atomic E-state index is -1.91. The number of H-pyrrole nitrogens is 1. The summed E-state index contributed by atoms with van der Waals surface area (Å²) in [7, 11) is 0. The van der Waals surface area contributed by atoms with E-state index in [4.69, 9.17) is 11.5 Å². The molecule has 4 unspecified atom stereocenters. The number of primary amides is 2. The molecule has 1 aliphatic heterocycles. The lowest BCUT2D eigenvalue weighted by molar-refractivity contribution is -0.140. The van der Waals surface area contributed by atoms with E-state index in [2.05, 4.69) is 74.1 Å². The summed E-state index contributed by atoms with van der Waals surface area (Å²) in [5.74, 6) is -15.8. The maximum atomic E-state index is 15.2. The van der Waals surface area contributed by atoms with Crippen molar-refractivity contribution in [2.75, 3.05) is 13.2 Å². The van der Waals surface area contributed by atoms with Crippen molar-refractivity contribution in [2.45, 2.75) is 276 Å². The van der Waals surface area contributed by atoms with Crippen LogP contribution >= 0.6 is 0 Å². The summed E-state index contributed by atoms with van der Waals surface area (Å²) in [6.45, 7) is 16.6. The van der Waals surface area contributed by atoms with Crippen LogP contribution in [0.3, 0.4) is 0 Å². The first-order valence-electron chi connectivity index (χ1n) is 41.4. The molecule has 15 atom stereocenters. The Morgan fingerprint density at radius 3 is 1.80 bits per heavy atom. The Bertz CT molecular complexity index is 4270. The molecule has 4 aromatic rings. The number of aromatic nitrogens is 1. The highest BCUT2D eigenvalue weighted by atomic mass is 16.3. The summed E-state index contributed by atoms with van der Waals surface area (Å²) in [5.41, 5.74) is 9.25. The number of aliphatic hydroxyl groups excluding tert-OH is 2. The van der Waals surface area contributed by atoms with E-state index in [1.165, 1.54) is 79.7 Å². The number of fused-ring (bicyclic) bond motifs is 1. The molecule has 1 aromatic heterocycles. The number of phenols is 1. The maximum absolute atomic E-state index is 15.2. The first-order chi connectivity index (χ1) is 57.0. The van der Waals surface area contributed by atoms with E-state index in [0.717, 1.165) is 0 Å². The van der Waals surface area contributed by atoms with Crippen LogP contribution in [0.5, 0.6) is 5.75 Å². The van der Waals surface area contributed by atoms with Gasteiger partial charge in [-0.05, 0) is 153 Å². The Hall–Kier alpha value is -11.5. The maximum Gasteiger partial charge on any atom is 0.246 e. The van der Waals surface area contributed by atoms with Crippen molar-refractivity contribution in [3.05, 3.63) is 114 Å². The third-order valence-electron chi connectivity index (χ3n) is 21.1. The molecule has 0 fully saturated rings. The number of aromatic hydroxyl groups is 1. The van der Waals surface area contributed by atoms with E-state index in [1.54, 1.807) is 60.8 Å². The highest BCUT2D eigenvalue weighted by Crippen LogP contribution is 2.25. The number of amides is 14. The van der Waals surface area contributed by atoms with Gasteiger partial charge < -0.3 is 101 Å². The third kappa shape index (κ3) is 32.9. The second kappa shape index (κ2) is 48.7. The van der Waals surface area contributed by atoms with E-state index in [1.807, 2.05) is 39.8 Å². The number of carbonyl (C=O) groups excluding carboxylic acids is 16. The second-order valence-corrected chi connectivity index (χ2v) is 32.7. The number of nitrogens with two attached hydrogens (primary N) is 2. The zero-order valence-corrected chi connectivity index (χ0v) is 71.4. The molecule has 664 valence electrons. The van der Waals surface area contributed by atoms with Crippen LogP contribution in [0.15, 0.2) is 97.2 Å². The highest BCUT2D eigenvalue weighted by Gasteiger charge is 2.43. The zero-order valence-electron chi connectivity index (χ0n) is 71.4. The van der Waals surface area contributed by atoms with Gasteiger partial charge in [0.1, 0.15) is 71.2 Å². The van der Waals surface area contributed by atoms with E-state index in [-0.39, 0.29) is 88.3 Å². The Morgan fingerprint density at radius 2 is 1.17 bits per heavy atom. The molecule has 5 rings (SSSR count). The minimum absolute atomic E-state index is 0.00251. The molecule has 21 N–H and O–H groups in total. The number of para-hydroxylation sites is 1. The molecule has 0 bridgehead atoms. The normalized spacial score (nSPS) is 22.8. The molecule has 2 heterocycles. The molecular weight excluding hydrogens is 1560 g/mol. The number of aliphatic hydroxyl groups is 2. The van der Waals surface area contributed by atoms with E-state index < -0.39 is 197 Å². The third-order valence-corrected chi connectivity index (χ3v) is 21.1. The number of carbonyl (C=O) groups is 16. The number of aromatic amines is 1. The molecule has 0 saturated heterocycles. The van der Waals surface area contributed by atoms with Gasteiger partial charge >= 0.3 is 0 Å². The van der Waals surface area contributed by atoms with Gasteiger partial charge in [0.05, 0.1) is 30.7 Å². The number of benzene rings is 3. The van der Waals surface area contributed by atoms with E-state index >= 15 is 19.2 Å². The first kappa shape index (κ1) is 100. The number of allylic oxidation sites excluding steroid dienone is 2. The zero-order chi connectivity index (χ0) is 90.0. The van der Waals surface area contributed by atoms with Crippen LogP contribution in [-0.2, 0) is 96.0 Å². The van der Waals surface area contributed by atoms with E-state index in [0.29, 0.717) is 66.1 Å². The lowest BCUT2D eigenvalue weighted by atomic mass is 9.90. The molecule has 0 saturated carbocycles. The summed E-state index contributed by atoms with van der Waals surface area (Å²) in [6.07, 6.45) is 5.86. The number of phenolic OH excluding ortho intramolecular Hbond substituents is 1. The van der Waals surface area contributed by atoms with Gasteiger partial charge in [-0.25, -0.2) is 0 Å². The van der Waals surface area contributed by atoms with Crippen molar-refractivity contribution < 1.29 is 92.0 Å². The van der Waals surface area contributed by atoms with Crippen molar-refractivity contribution in [2.24, 2.45) is 29.2 Å². The molecular formula is C86H126N16O19. The fraction of sp³-hybridized carbons (Fsp3) is 0.558. The molecule has 0 aliphatic carbocycles. The summed E-state index contributed by atoms with van der Waals surface area (Å²) < 4.78 is 0. The molecule has 0 spiro atoms. The van der Waals surface area contributed by atoms with Gasteiger partial charge in [-0.15, -0.1) is 0 Å². The van der Waals surface area contributed by atoms with Crippen LogP contribution in [0.1, 0.15) is 190 Å². The molecule has 35 heteroatoms. The monoisotopic (exact) mass is 1690 g/mol. The van der Waals surface area contributed by atoms with Crippen molar-refractivity contribution in [1.29, 1.82) is 0 Å². The van der Waals surface area contributed by atoms with Crippen LogP contribution in [0.4, 0.5) is 0 Å². The number of Topliss-reactive ketones (excluding diaryl/α,β-unsaturated/α-hetero) is 2. The van der Waals surface area contributed by atoms with Gasteiger partial charge in [0.15, 0.2) is 0 Å². The smallest absolute Gasteiger partial charge is 0.246 e. The molecule has 3 aromatic carbocycles. The minimum Gasteiger partial charge on any atom is -0.508 e. The molecule has 14 amide bonds. The van der Waals surface area contributed by atoms with E-state index in [9.17, 15) is 72.9 Å². The summed E-state index contributed by atoms with van der Waals surface area (Å²) in [5, 5.41) is 67.0. The number of rotatable bonds is 30. The Kier molecular flexibility index (Phi) is 40.3. The lowest BCUT2D eigenvalue weighted by Crippen LogP contribution is -2.64. The molecule has 121 heavy (non-hydrogen) atoms. The van der Waals surface area contributed by atoms with Crippen molar-refractivity contribution in [1.82, 2.24) is 74.1 Å². The van der Waals surface area contributed by atoms with Crippen molar-refractivity contribution in [3.8, 4) is 5.75 Å². The predicted octanol–water partition coefficient (Wildman–Crippen LogP) is 0.998. The van der Waals surface area contributed by atoms with Crippen molar-refractivity contribution >= 4 is 105 Å². The molecule has 35 nitrogen and oxygen atoms in total. The Labute approximate surface area is 706 Å². The van der Waals surface area contributed by atoms with Gasteiger partial charge in [-0.1, -0.05) is 126 Å². The van der Waals surface area contributed by atoms with Crippen LogP contribution in [0.25, 0.3) is 10.9 Å². The molecule has 1 aliphatic rings. The van der Waals surface area contributed by atoms with Gasteiger partial charge in [0, 0.05) is 56.3 Å². The summed E-state index contributed by atoms with van der Waals surface area (Å²) in [6, 6.07) is 4.98. The second-order valence-electron chi connectivity index (χ2n) is 32.7.